The van der Waals surface area contributed by atoms with Gasteiger partial charge in [-0.05, 0) is 44.1 Å². The number of halogens is 1. The number of rotatable bonds is 4. The van der Waals surface area contributed by atoms with E-state index in [4.69, 9.17) is 17.3 Å². The first-order chi connectivity index (χ1) is 9.44. The fourth-order valence-corrected chi connectivity index (χ4v) is 5.23. The second kappa shape index (κ2) is 6.56. The summed E-state index contributed by atoms with van der Waals surface area (Å²) in [4.78, 5) is -0.00587. The van der Waals surface area contributed by atoms with Crippen LogP contribution in [0.4, 0.5) is 5.69 Å². The molecule has 0 spiro atoms. The van der Waals surface area contributed by atoms with Crippen LogP contribution in [0.15, 0.2) is 23.1 Å². The zero-order valence-electron chi connectivity index (χ0n) is 11.3. The molecule has 1 fully saturated rings. The van der Waals surface area contributed by atoms with Gasteiger partial charge in [-0.25, -0.2) is 13.1 Å². The van der Waals surface area contributed by atoms with E-state index < -0.39 is 10.0 Å². The Hall–Kier alpha value is -0.430. The van der Waals surface area contributed by atoms with Crippen LogP contribution in [0.25, 0.3) is 0 Å². The summed E-state index contributed by atoms with van der Waals surface area (Å²) in [6.07, 6.45) is 5.88. The minimum atomic E-state index is -3.66. The molecule has 0 atom stereocenters. The highest BCUT2D eigenvalue weighted by Gasteiger charge is 2.27. The number of hydrogen-bond acceptors (Lipinski definition) is 4. The van der Waals surface area contributed by atoms with E-state index in [0.717, 1.165) is 25.7 Å². The van der Waals surface area contributed by atoms with E-state index in [1.165, 1.54) is 6.07 Å². The molecule has 0 aliphatic heterocycles. The molecule has 112 valence electrons. The normalized spacial score (nSPS) is 23.7. The number of nitrogens with two attached hydrogens (primary N) is 1. The van der Waals surface area contributed by atoms with Gasteiger partial charge in [0.1, 0.15) is 4.90 Å². The van der Waals surface area contributed by atoms with Gasteiger partial charge in [-0.2, -0.15) is 11.8 Å². The molecule has 0 aromatic heterocycles. The predicted octanol–water partition coefficient (Wildman–Crippen LogP) is 2.87. The summed E-state index contributed by atoms with van der Waals surface area (Å²) in [6, 6.07) is 4.70. The van der Waals surface area contributed by atoms with Crippen LogP contribution in [0.5, 0.6) is 0 Å². The Bertz CT molecular complexity index is 549. The zero-order chi connectivity index (χ0) is 14.8. The largest absolute Gasteiger partial charge is 0.398 e. The molecule has 1 aliphatic carbocycles. The molecule has 4 nitrogen and oxygen atoms in total. The van der Waals surface area contributed by atoms with Gasteiger partial charge in [0.25, 0.3) is 0 Å². The topological polar surface area (TPSA) is 72.2 Å². The van der Waals surface area contributed by atoms with Crippen LogP contribution in [0.2, 0.25) is 5.02 Å². The lowest BCUT2D eigenvalue weighted by molar-refractivity contribution is 0.420. The monoisotopic (exact) mass is 334 g/mol. The van der Waals surface area contributed by atoms with Gasteiger partial charge >= 0.3 is 0 Å². The zero-order valence-corrected chi connectivity index (χ0v) is 13.7. The molecule has 0 unspecified atom stereocenters. The Morgan fingerprint density at radius 3 is 2.50 bits per heavy atom. The highest BCUT2D eigenvalue weighted by Crippen LogP contribution is 2.30. The van der Waals surface area contributed by atoms with Gasteiger partial charge in [-0.1, -0.05) is 17.7 Å². The van der Waals surface area contributed by atoms with Crippen molar-refractivity contribution in [1.82, 2.24) is 4.72 Å². The fourth-order valence-electron chi connectivity index (χ4n) is 2.50. The van der Waals surface area contributed by atoms with Crippen LogP contribution in [-0.4, -0.2) is 26.0 Å². The second-order valence-corrected chi connectivity index (χ2v) is 8.18. The van der Waals surface area contributed by atoms with Crippen molar-refractivity contribution in [2.75, 3.05) is 12.0 Å². The van der Waals surface area contributed by atoms with E-state index in [1.54, 1.807) is 12.1 Å². The van der Waals surface area contributed by atoms with Crippen LogP contribution in [0.3, 0.4) is 0 Å². The minimum Gasteiger partial charge on any atom is -0.398 e. The lowest BCUT2D eigenvalue weighted by Crippen LogP contribution is -2.38. The molecular formula is C13H19ClN2O2S2. The first kappa shape index (κ1) is 15.9. The number of benzene rings is 1. The maximum absolute atomic E-state index is 12.4. The maximum Gasteiger partial charge on any atom is 0.244 e. The molecular weight excluding hydrogens is 316 g/mol. The molecule has 1 aromatic rings. The maximum atomic E-state index is 12.4. The standard InChI is InChI=1S/C13H19ClN2O2S2/c1-19-10-7-5-9(6-8-10)16-20(17,18)13-11(14)3-2-4-12(13)15/h2-4,9-10,16H,5-8,15H2,1H3. The summed E-state index contributed by atoms with van der Waals surface area (Å²) in [6.45, 7) is 0. The van der Waals surface area contributed by atoms with Crippen LogP contribution in [0.1, 0.15) is 25.7 Å². The summed E-state index contributed by atoms with van der Waals surface area (Å²) in [5.41, 5.74) is 5.93. The number of nitrogens with one attached hydrogen (secondary N) is 1. The van der Waals surface area contributed by atoms with E-state index in [0.29, 0.717) is 5.25 Å². The summed E-state index contributed by atoms with van der Waals surface area (Å²) in [5, 5.41) is 0.802. The lowest BCUT2D eigenvalue weighted by Gasteiger charge is -2.28. The summed E-state index contributed by atoms with van der Waals surface area (Å²) < 4.78 is 27.6. The highest BCUT2D eigenvalue weighted by molar-refractivity contribution is 7.99. The second-order valence-electron chi connectivity index (χ2n) is 4.99. The van der Waals surface area contributed by atoms with Gasteiger partial charge in [-0.3, -0.25) is 0 Å². The molecule has 7 heteroatoms. The van der Waals surface area contributed by atoms with Gasteiger partial charge in [-0.15, -0.1) is 0 Å². The molecule has 0 radical (unpaired) electrons. The highest BCUT2D eigenvalue weighted by atomic mass is 35.5. The van der Waals surface area contributed by atoms with Crippen molar-refractivity contribution < 1.29 is 8.42 Å². The SMILES string of the molecule is CSC1CCC(NS(=O)(=O)c2c(N)cccc2Cl)CC1. The van der Waals surface area contributed by atoms with E-state index in [9.17, 15) is 8.42 Å². The minimum absolute atomic E-state index is 0.00587. The van der Waals surface area contributed by atoms with E-state index in [1.807, 2.05) is 11.8 Å². The predicted molar refractivity (Wildman–Crippen MR) is 85.7 cm³/mol. The molecule has 1 aromatic carbocycles. The lowest BCUT2D eigenvalue weighted by atomic mass is 9.96. The molecule has 0 amide bonds. The molecule has 0 saturated heterocycles. The van der Waals surface area contributed by atoms with Crippen molar-refractivity contribution in [3.8, 4) is 0 Å². The van der Waals surface area contributed by atoms with Crippen molar-refractivity contribution in [2.45, 2.75) is 41.9 Å². The Balaban J connectivity index is 2.12. The number of thioether (sulfide) groups is 1. The Morgan fingerprint density at radius 2 is 1.95 bits per heavy atom. The van der Waals surface area contributed by atoms with Crippen LogP contribution in [0, 0.1) is 0 Å². The summed E-state index contributed by atoms with van der Waals surface area (Å²) >= 11 is 7.82. The van der Waals surface area contributed by atoms with E-state index >= 15 is 0 Å². The van der Waals surface area contributed by atoms with Crippen molar-refractivity contribution in [3.05, 3.63) is 23.2 Å². The molecule has 1 saturated carbocycles. The van der Waals surface area contributed by atoms with E-state index in [2.05, 4.69) is 11.0 Å². The Morgan fingerprint density at radius 1 is 1.30 bits per heavy atom. The van der Waals surface area contributed by atoms with Crippen molar-refractivity contribution >= 4 is 39.1 Å². The van der Waals surface area contributed by atoms with Gasteiger partial charge in [0, 0.05) is 11.3 Å². The first-order valence-corrected chi connectivity index (χ1v) is 9.68. The molecule has 3 N–H and O–H groups in total. The van der Waals surface area contributed by atoms with Gasteiger partial charge in [0.15, 0.2) is 0 Å². The fraction of sp³-hybridized carbons (Fsp3) is 0.538. The molecule has 2 rings (SSSR count). The average Bonchev–Trinajstić information content (AvgIpc) is 2.38. The Labute approximate surface area is 129 Å². The third kappa shape index (κ3) is 3.61. The van der Waals surface area contributed by atoms with Crippen LogP contribution >= 0.6 is 23.4 Å². The number of sulfonamides is 1. The number of anilines is 1. The number of nitrogen functional groups attached to an aromatic ring is 1. The van der Waals surface area contributed by atoms with Gasteiger partial charge in [0.05, 0.1) is 10.7 Å². The molecule has 20 heavy (non-hydrogen) atoms. The van der Waals surface area contributed by atoms with Gasteiger partial charge in [0.2, 0.25) is 10.0 Å². The average molecular weight is 335 g/mol. The smallest absolute Gasteiger partial charge is 0.244 e. The molecule has 0 bridgehead atoms. The third-order valence-corrected chi connectivity index (χ3v) is 6.80. The summed E-state index contributed by atoms with van der Waals surface area (Å²) in [5.74, 6) is 0. The van der Waals surface area contributed by atoms with Gasteiger partial charge < -0.3 is 5.73 Å². The third-order valence-electron chi connectivity index (χ3n) is 3.60. The Kier molecular flexibility index (Phi) is 5.23. The van der Waals surface area contributed by atoms with Crippen molar-refractivity contribution in [3.63, 3.8) is 0 Å². The van der Waals surface area contributed by atoms with Crippen molar-refractivity contribution in [1.29, 1.82) is 0 Å². The quantitative estimate of drug-likeness (QED) is 0.830. The van der Waals surface area contributed by atoms with Crippen LogP contribution in [-0.2, 0) is 10.0 Å². The van der Waals surface area contributed by atoms with Crippen molar-refractivity contribution in [2.24, 2.45) is 0 Å². The van der Waals surface area contributed by atoms with Crippen LogP contribution < -0.4 is 10.5 Å². The number of hydrogen-bond donors (Lipinski definition) is 2. The van der Waals surface area contributed by atoms with E-state index in [-0.39, 0.29) is 21.6 Å². The molecule has 1 aliphatic rings. The first-order valence-electron chi connectivity index (χ1n) is 6.53. The molecule has 0 heterocycles. The summed E-state index contributed by atoms with van der Waals surface area (Å²) in [7, 11) is -3.66.